The Balaban J connectivity index is 2.06. The molecule has 1 aliphatic rings. The molecule has 4 heteroatoms. The molecule has 1 aliphatic carbocycles. The molecule has 1 fully saturated rings. The van der Waals surface area contributed by atoms with Gasteiger partial charge in [0, 0.05) is 18.3 Å². The number of aliphatic hydroxyl groups is 1. The molecule has 15 heavy (non-hydrogen) atoms. The van der Waals surface area contributed by atoms with E-state index in [9.17, 15) is 5.11 Å². The Kier molecular flexibility index (Phi) is 3.38. The standard InChI is InChI=1S/C11H19N3O/c1-12-6-9-7-13-14(8-9)10-4-2-3-5-11(10)15/h7-8,10-12,15H,2-6H2,1H3. The first-order chi connectivity index (χ1) is 7.31. The van der Waals surface area contributed by atoms with Crippen molar-refractivity contribution in [3.63, 3.8) is 0 Å². The van der Waals surface area contributed by atoms with Crippen LogP contribution in [0.2, 0.25) is 0 Å². The van der Waals surface area contributed by atoms with E-state index in [0.717, 1.165) is 25.8 Å². The van der Waals surface area contributed by atoms with Crippen LogP contribution in [0, 0.1) is 0 Å². The van der Waals surface area contributed by atoms with Crippen molar-refractivity contribution in [3.05, 3.63) is 18.0 Å². The molecular weight excluding hydrogens is 190 g/mol. The molecular formula is C11H19N3O. The summed E-state index contributed by atoms with van der Waals surface area (Å²) in [6, 6.07) is 0.185. The van der Waals surface area contributed by atoms with Crippen LogP contribution in [0.3, 0.4) is 0 Å². The summed E-state index contributed by atoms with van der Waals surface area (Å²) < 4.78 is 1.93. The van der Waals surface area contributed by atoms with Gasteiger partial charge >= 0.3 is 0 Å². The first-order valence-corrected chi connectivity index (χ1v) is 5.67. The zero-order valence-corrected chi connectivity index (χ0v) is 9.19. The van der Waals surface area contributed by atoms with Gasteiger partial charge in [0.25, 0.3) is 0 Å². The fourth-order valence-corrected chi connectivity index (χ4v) is 2.25. The lowest BCUT2D eigenvalue weighted by molar-refractivity contribution is 0.0694. The van der Waals surface area contributed by atoms with E-state index in [0.29, 0.717) is 0 Å². The van der Waals surface area contributed by atoms with Crippen LogP contribution in [0.15, 0.2) is 12.4 Å². The van der Waals surface area contributed by atoms with Gasteiger partial charge in [-0.05, 0) is 19.9 Å². The van der Waals surface area contributed by atoms with Gasteiger partial charge in [0.05, 0.1) is 18.3 Å². The lowest BCUT2D eigenvalue weighted by Crippen LogP contribution is -2.27. The van der Waals surface area contributed by atoms with Crippen LogP contribution >= 0.6 is 0 Å². The zero-order chi connectivity index (χ0) is 10.7. The summed E-state index contributed by atoms with van der Waals surface area (Å²) in [6.45, 7) is 0.836. The number of aromatic nitrogens is 2. The van der Waals surface area contributed by atoms with E-state index in [1.165, 1.54) is 12.0 Å². The van der Waals surface area contributed by atoms with Crippen LogP contribution in [0.1, 0.15) is 37.3 Å². The van der Waals surface area contributed by atoms with Crippen LogP contribution in [0.25, 0.3) is 0 Å². The minimum atomic E-state index is -0.221. The summed E-state index contributed by atoms with van der Waals surface area (Å²) in [5.41, 5.74) is 1.18. The minimum Gasteiger partial charge on any atom is -0.391 e. The van der Waals surface area contributed by atoms with Crippen molar-refractivity contribution in [2.24, 2.45) is 0 Å². The van der Waals surface area contributed by atoms with Crippen molar-refractivity contribution < 1.29 is 5.11 Å². The Bertz CT molecular complexity index is 311. The smallest absolute Gasteiger partial charge is 0.0778 e. The molecule has 0 aromatic carbocycles. The molecule has 0 bridgehead atoms. The Morgan fingerprint density at radius 2 is 2.33 bits per heavy atom. The number of hydrogen-bond acceptors (Lipinski definition) is 3. The molecule has 0 radical (unpaired) electrons. The molecule has 2 rings (SSSR count). The van der Waals surface area contributed by atoms with Crippen LogP contribution in [0.5, 0.6) is 0 Å². The zero-order valence-electron chi connectivity index (χ0n) is 9.19. The first kappa shape index (κ1) is 10.6. The molecule has 1 aromatic heterocycles. The maximum Gasteiger partial charge on any atom is 0.0778 e. The molecule has 1 saturated carbocycles. The van der Waals surface area contributed by atoms with Gasteiger partial charge in [-0.3, -0.25) is 4.68 Å². The lowest BCUT2D eigenvalue weighted by Gasteiger charge is -2.27. The van der Waals surface area contributed by atoms with E-state index in [1.807, 2.05) is 24.1 Å². The van der Waals surface area contributed by atoms with E-state index in [1.54, 1.807) is 0 Å². The Labute approximate surface area is 90.3 Å². The first-order valence-electron chi connectivity index (χ1n) is 5.67. The van der Waals surface area contributed by atoms with Crippen molar-refractivity contribution in [2.45, 2.75) is 44.4 Å². The molecule has 2 atom stereocenters. The SMILES string of the molecule is CNCc1cnn(C2CCCCC2O)c1. The molecule has 2 N–H and O–H groups in total. The lowest BCUT2D eigenvalue weighted by atomic mass is 9.93. The van der Waals surface area contributed by atoms with Gasteiger partial charge in [-0.15, -0.1) is 0 Å². The van der Waals surface area contributed by atoms with E-state index in [2.05, 4.69) is 10.4 Å². The number of hydrogen-bond donors (Lipinski definition) is 2. The average Bonchev–Trinajstić information content (AvgIpc) is 2.68. The van der Waals surface area contributed by atoms with Crippen molar-refractivity contribution in [3.8, 4) is 0 Å². The number of aliphatic hydroxyl groups excluding tert-OH is 1. The van der Waals surface area contributed by atoms with Crippen LogP contribution in [-0.2, 0) is 6.54 Å². The van der Waals surface area contributed by atoms with E-state index < -0.39 is 0 Å². The predicted molar refractivity (Wildman–Crippen MR) is 58.5 cm³/mol. The molecule has 4 nitrogen and oxygen atoms in total. The second-order valence-corrected chi connectivity index (χ2v) is 4.28. The predicted octanol–water partition coefficient (Wildman–Crippen LogP) is 1.08. The van der Waals surface area contributed by atoms with Crippen molar-refractivity contribution in [2.75, 3.05) is 7.05 Å². The van der Waals surface area contributed by atoms with Gasteiger partial charge in [0.2, 0.25) is 0 Å². The molecule has 0 saturated heterocycles. The van der Waals surface area contributed by atoms with Gasteiger partial charge < -0.3 is 10.4 Å². The molecule has 0 amide bonds. The summed E-state index contributed by atoms with van der Waals surface area (Å²) in [5.74, 6) is 0. The summed E-state index contributed by atoms with van der Waals surface area (Å²) in [5, 5.41) is 17.3. The monoisotopic (exact) mass is 209 g/mol. The van der Waals surface area contributed by atoms with E-state index in [-0.39, 0.29) is 12.1 Å². The molecule has 1 aromatic rings. The van der Waals surface area contributed by atoms with Gasteiger partial charge in [0.1, 0.15) is 0 Å². The Morgan fingerprint density at radius 1 is 1.53 bits per heavy atom. The Morgan fingerprint density at radius 3 is 3.07 bits per heavy atom. The normalized spacial score (nSPS) is 26.8. The quantitative estimate of drug-likeness (QED) is 0.783. The Hall–Kier alpha value is -0.870. The van der Waals surface area contributed by atoms with Gasteiger partial charge in [-0.2, -0.15) is 5.10 Å². The number of rotatable bonds is 3. The highest BCUT2D eigenvalue weighted by atomic mass is 16.3. The van der Waals surface area contributed by atoms with Gasteiger partial charge in [0.15, 0.2) is 0 Å². The molecule has 2 unspecified atom stereocenters. The fraction of sp³-hybridized carbons (Fsp3) is 0.727. The summed E-state index contributed by atoms with van der Waals surface area (Å²) in [7, 11) is 1.92. The third-order valence-electron chi connectivity index (χ3n) is 3.07. The highest BCUT2D eigenvalue weighted by Crippen LogP contribution is 2.28. The van der Waals surface area contributed by atoms with E-state index in [4.69, 9.17) is 0 Å². The second-order valence-electron chi connectivity index (χ2n) is 4.28. The maximum atomic E-state index is 9.89. The number of nitrogens with zero attached hydrogens (tertiary/aromatic N) is 2. The largest absolute Gasteiger partial charge is 0.391 e. The second kappa shape index (κ2) is 4.77. The maximum absolute atomic E-state index is 9.89. The molecule has 84 valence electrons. The topological polar surface area (TPSA) is 50.1 Å². The third kappa shape index (κ3) is 2.38. The van der Waals surface area contributed by atoms with Crippen LogP contribution < -0.4 is 5.32 Å². The summed E-state index contributed by atoms with van der Waals surface area (Å²) >= 11 is 0. The summed E-state index contributed by atoms with van der Waals surface area (Å²) in [6.07, 6.45) is 7.98. The van der Waals surface area contributed by atoms with Gasteiger partial charge in [-0.1, -0.05) is 12.8 Å². The summed E-state index contributed by atoms with van der Waals surface area (Å²) in [4.78, 5) is 0. The molecule has 0 aliphatic heterocycles. The highest BCUT2D eigenvalue weighted by Gasteiger charge is 2.24. The molecule has 1 heterocycles. The van der Waals surface area contributed by atoms with Crippen molar-refractivity contribution >= 4 is 0 Å². The van der Waals surface area contributed by atoms with Crippen LogP contribution in [0.4, 0.5) is 0 Å². The van der Waals surface area contributed by atoms with Crippen molar-refractivity contribution in [1.29, 1.82) is 0 Å². The van der Waals surface area contributed by atoms with Gasteiger partial charge in [-0.25, -0.2) is 0 Å². The minimum absolute atomic E-state index is 0.185. The van der Waals surface area contributed by atoms with E-state index >= 15 is 0 Å². The molecule has 0 spiro atoms. The third-order valence-corrected chi connectivity index (χ3v) is 3.07. The fourth-order valence-electron chi connectivity index (χ4n) is 2.25. The average molecular weight is 209 g/mol. The highest BCUT2D eigenvalue weighted by molar-refractivity contribution is 5.04. The van der Waals surface area contributed by atoms with Crippen molar-refractivity contribution in [1.82, 2.24) is 15.1 Å². The van der Waals surface area contributed by atoms with Crippen LogP contribution in [-0.4, -0.2) is 28.0 Å². The number of nitrogens with one attached hydrogen (secondary N) is 1.